The lowest BCUT2D eigenvalue weighted by Gasteiger charge is -2.41. The van der Waals surface area contributed by atoms with E-state index in [0.717, 1.165) is 12.8 Å². The quantitative estimate of drug-likeness (QED) is 0.641. The van der Waals surface area contributed by atoms with Crippen molar-refractivity contribution in [3.8, 4) is 5.75 Å². The Balaban J connectivity index is 1.61. The fraction of sp³-hybridized carbons (Fsp3) is 0.409. The number of pyridine rings is 1. The molecule has 174 valence electrons. The van der Waals surface area contributed by atoms with Crippen LogP contribution in [0.4, 0.5) is 13.2 Å². The Morgan fingerprint density at radius 2 is 1.88 bits per heavy atom. The number of aromatic nitrogens is 1. The van der Waals surface area contributed by atoms with Gasteiger partial charge in [-0.15, -0.1) is 0 Å². The number of nitrogens with zero attached hydrogens (tertiary/aromatic N) is 2. The highest BCUT2D eigenvalue weighted by Crippen LogP contribution is 2.49. The van der Waals surface area contributed by atoms with Crippen molar-refractivity contribution in [2.45, 2.75) is 43.9 Å². The number of fused-ring (bicyclic) bond motifs is 1. The molecule has 11 heteroatoms. The van der Waals surface area contributed by atoms with Crippen LogP contribution in [0.15, 0.2) is 16.9 Å². The number of hydrogen-bond donors (Lipinski definition) is 3. The minimum absolute atomic E-state index is 0.0970. The maximum Gasteiger partial charge on any atom is 0.274 e. The van der Waals surface area contributed by atoms with Crippen molar-refractivity contribution in [1.82, 2.24) is 14.8 Å². The highest BCUT2D eigenvalue weighted by Gasteiger charge is 2.53. The summed E-state index contributed by atoms with van der Waals surface area (Å²) < 4.78 is 42.5. The number of amides is 2. The smallest absolute Gasteiger partial charge is 0.274 e. The van der Waals surface area contributed by atoms with Crippen molar-refractivity contribution in [3.05, 3.63) is 62.3 Å². The molecule has 1 unspecified atom stereocenters. The van der Waals surface area contributed by atoms with Gasteiger partial charge in [-0.2, -0.15) is 0 Å². The van der Waals surface area contributed by atoms with E-state index in [9.17, 15) is 37.8 Å². The molecule has 33 heavy (non-hydrogen) atoms. The third-order valence-corrected chi connectivity index (χ3v) is 6.80. The SMILES string of the molecule is O=C(NCc1c(F)cc(F)cc1F)c1c2n3c(c(O)c1=O)C(=O)N1CCCCC3(C[C@@H]2O)C1. The molecule has 1 aromatic heterocycles. The number of rotatable bonds is 3. The van der Waals surface area contributed by atoms with Gasteiger partial charge in [0.1, 0.15) is 23.0 Å². The molecule has 0 aliphatic carbocycles. The molecule has 3 aliphatic heterocycles. The molecule has 2 aromatic rings. The van der Waals surface area contributed by atoms with Gasteiger partial charge in [0, 0.05) is 43.8 Å². The zero-order chi connectivity index (χ0) is 23.7. The number of nitrogens with one attached hydrogen (secondary N) is 1. The van der Waals surface area contributed by atoms with Gasteiger partial charge in [-0.05, 0) is 19.3 Å². The van der Waals surface area contributed by atoms with Gasteiger partial charge in [-0.25, -0.2) is 13.2 Å². The molecule has 1 saturated heterocycles. The summed E-state index contributed by atoms with van der Waals surface area (Å²) in [4.78, 5) is 40.5. The lowest BCUT2D eigenvalue weighted by atomic mass is 9.88. The van der Waals surface area contributed by atoms with Crippen molar-refractivity contribution in [2.24, 2.45) is 0 Å². The molecule has 1 spiro atoms. The van der Waals surface area contributed by atoms with Gasteiger partial charge in [-0.1, -0.05) is 0 Å². The topological polar surface area (TPSA) is 112 Å². The Bertz CT molecular complexity index is 1250. The van der Waals surface area contributed by atoms with Gasteiger partial charge in [-0.3, -0.25) is 14.4 Å². The summed E-state index contributed by atoms with van der Waals surface area (Å²) in [5.41, 5.74) is -3.49. The van der Waals surface area contributed by atoms with Crippen LogP contribution >= 0.6 is 0 Å². The Morgan fingerprint density at radius 1 is 1.18 bits per heavy atom. The molecule has 2 amide bonds. The Hall–Kier alpha value is -3.34. The zero-order valence-corrected chi connectivity index (χ0v) is 17.3. The van der Waals surface area contributed by atoms with E-state index in [0.29, 0.717) is 25.1 Å². The average molecular weight is 463 g/mol. The van der Waals surface area contributed by atoms with Crippen LogP contribution in [0.25, 0.3) is 0 Å². The summed E-state index contributed by atoms with van der Waals surface area (Å²) in [6, 6.07) is 0.918. The van der Waals surface area contributed by atoms with E-state index in [1.807, 2.05) is 0 Å². The second-order valence-electron chi connectivity index (χ2n) is 8.78. The predicted molar refractivity (Wildman–Crippen MR) is 107 cm³/mol. The number of carbonyl (C=O) groups is 2. The molecule has 0 saturated carbocycles. The van der Waals surface area contributed by atoms with E-state index in [1.54, 1.807) is 4.90 Å². The van der Waals surface area contributed by atoms with Crippen LogP contribution in [-0.2, 0) is 12.1 Å². The van der Waals surface area contributed by atoms with Crippen LogP contribution in [0.3, 0.4) is 0 Å². The lowest BCUT2D eigenvalue weighted by molar-refractivity contribution is 0.0549. The molecule has 4 heterocycles. The largest absolute Gasteiger partial charge is 0.503 e. The van der Waals surface area contributed by atoms with Gasteiger partial charge in [0.05, 0.1) is 17.3 Å². The summed E-state index contributed by atoms with van der Waals surface area (Å²) in [5, 5.41) is 23.7. The van der Waals surface area contributed by atoms with E-state index >= 15 is 0 Å². The van der Waals surface area contributed by atoms with Gasteiger partial charge in [0.25, 0.3) is 11.8 Å². The molecule has 2 bridgehead atoms. The van der Waals surface area contributed by atoms with Crippen molar-refractivity contribution in [2.75, 3.05) is 13.1 Å². The van der Waals surface area contributed by atoms with Crippen LogP contribution in [0.1, 0.15) is 63.9 Å². The fourth-order valence-electron chi connectivity index (χ4n) is 5.39. The van der Waals surface area contributed by atoms with Gasteiger partial charge >= 0.3 is 0 Å². The normalized spacial score (nSPS) is 23.3. The number of hydrogen-bond acceptors (Lipinski definition) is 5. The number of carbonyl (C=O) groups excluding carboxylic acids is 2. The first-order valence-electron chi connectivity index (χ1n) is 10.6. The predicted octanol–water partition coefficient (Wildman–Crippen LogP) is 1.67. The third kappa shape index (κ3) is 3.05. The minimum Gasteiger partial charge on any atom is -0.503 e. The molecule has 8 nitrogen and oxygen atoms in total. The average Bonchev–Trinajstić information content (AvgIpc) is 2.90. The summed E-state index contributed by atoms with van der Waals surface area (Å²) in [6.07, 6.45) is 0.924. The molecular weight excluding hydrogens is 443 g/mol. The molecule has 2 atom stereocenters. The summed E-state index contributed by atoms with van der Waals surface area (Å²) in [7, 11) is 0. The van der Waals surface area contributed by atoms with E-state index < -0.39 is 69.8 Å². The molecule has 3 aliphatic rings. The molecular formula is C22H20F3N3O5. The van der Waals surface area contributed by atoms with Crippen molar-refractivity contribution in [3.63, 3.8) is 0 Å². The van der Waals surface area contributed by atoms with Crippen LogP contribution in [0.5, 0.6) is 5.75 Å². The first-order chi connectivity index (χ1) is 15.6. The van der Waals surface area contributed by atoms with Crippen molar-refractivity contribution in [1.29, 1.82) is 0 Å². The number of halogens is 3. The first-order valence-corrected chi connectivity index (χ1v) is 10.6. The standard InChI is InChI=1S/C22H20F3N3O5/c23-10-5-12(24)11(13(25)6-10)8-26-20(32)15-16-14(29)7-22-3-1-2-4-27(9-22)21(33)17(28(16)22)19(31)18(15)30/h5-6,14,29,31H,1-4,7-9H2,(H,26,32)/t14-,22?/m0/s1. The summed E-state index contributed by atoms with van der Waals surface area (Å²) in [5.74, 6) is -6.10. The minimum atomic E-state index is -1.26. The fourth-order valence-corrected chi connectivity index (χ4v) is 5.39. The molecule has 1 aromatic carbocycles. The maximum absolute atomic E-state index is 13.9. The number of aromatic hydroxyl groups is 1. The second kappa shape index (κ2) is 7.34. The van der Waals surface area contributed by atoms with Crippen LogP contribution < -0.4 is 10.7 Å². The second-order valence-corrected chi connectivity index (χ2v) is 8.78. The zero-order valence-electron chi connectivity index (χ0n) is 17.3. The molecule has 1 fully saturated rings. The molecule has 5 rings (SSSR count). The first kappa shape index (κ1) is 21.5. The Labute approximate surface area is 185 Å². The van der Waals surface area contributed by atoms with E-state index in [-0.39, 0.29) is 24.4 Å². The van der Waals surface area contributed by atoms with E-state index in [4.69, 9.17) is 0 Å². The molecule has 3 N–H and O–H groups in total. The Kier molecular flexibility index (Phi) is 4.78. The van der Waals surface area contributed by atoms with Gasteiger partial charge < -0.3 is 25.0 Å². The van der Waals surface area contributed by atoms with Crippen LogP contribution in [0, 0.1) is 17.5 Å². The van der Waals surface area contributed by atoms with Gasteiger partial charge in [0.15, 0.2) is 11.4 Å². The summed E-state index contributed by atoms with van der Waals surface area (Å²) in [6.45, 7) is 0.0288. The maximum atomic E-state index is 13.9. The third-order valence-electron chi connectivity index (χ3n) is 6.80. The van der Waals surface area contributed by atoms with E-state index in [1.165, 1.54) is 4.57 Å². The van der Waals surface area contributed by atoms with Crippen LogP contribution in [-0.4, -0.2) is 44.6 Å². The van der Waals surface area contributed by atoms with Gasteiger partial charge in [0.2, 0.25) is 5.43 Å². The highest BCUT2D eigenvalue weighted by molar-refractivity contribution is 6.00. The molecule has 0 radical (unpaired) electrons. The van der Waals surface area contributed by atoms with E-state index in [2.05, 4.69) is 5.32 Å². The number of aliphatic hydroxyl groups is 1. The Morgan fingerprint density at radius 3 is 2.58 bits per heavy atom. The number of aliphatic hydroxyl groups excluding tert-OH is 1. The lowest BCUT2D eigenvalue weighted by Crippen LogP contribution is -2.52. The number of benzene rings is 1. The van der Waals surface area contributed by atoms with Crippen molar-refractivity contribution < 1.29 is 33.0 Å². The van der Waals surface area contributed by atoms with Crippen LogP contribution in [0.2, 0.25) is 0 Å². The monoisotopic (exact) mass is 463 g/mol. The van der Waals surface area contributed by atoms with Crippen molar-refractivity contribution >= 4 is 11.8 Å². The summed E-state index contributed by atoms with van der Waals surface area (Å²) >= 11 is 0. The highest BCUT2D eigenvalue weighted by atomic mass is 19.1.